The molecule has 1 saturated heterocycles. The van der Waals surface area contributed by atoms with Crippen LogP contribution in [-0.4, -0.2) is 44.2 Å². The molecule has 1 fully saturated rings. The Morgan fingerprint density at radius 3 is 2.80 bits per heavy atom. The molecule has 1 aliphatic heterocycles. The van der Waals surface area contributed by atoms with Gasteiger partial charge in [0.05, 0.1) is 0 Å². The van der Waals surface area contributed by atoms with E-state index in [2.05, 4.69) is 64.9 Å². The van der Waals surface area contributed by atoms with Crippen molar-refractivity contribution < 1.29 is 0 Å². The minimum Gasteiger partial charge on any atom is -0.370 e. The van der Waals surface area contributed by atoms with Gasteiger partial charge < -0.3 is 15.5 Å². The lowest BCUT2D eigenvalue weighted by molar-refractivity contribution is 0.315. The first-order valence-corrected chi connectivity index (χ1v) is 8.26. The first-order chi connectivity index (χ1) is 9.51. The quantitative estimate of drug-likeness (QED) is 0.895. The van der Waals surface area contributed by atoms with E-state index < -0.39 is 0 Å². The zero-order chi connectivity index (χ0) is 14.7. The minimum atomic E-state index is 0.246. The van der Waals surface area contributed by atoms with E-state index in [1.807, 2.05) is 0 Å². The molecule has 0 spiro atoms. The van der Waals surface area contributed by atoms with E-state index in [0.717, 1.165) is 30.4 Å². The first kappa shape index (κ1) is 15.8. The summed E-state index contributed by atoms with van der Waals surface area (Å²) in [6.45, 7) is 4.40. The van der Waals surface area contributed by atoms with Crippen LogP contribution in [0.2, 0.25) is 0 Å². The largest absolute Gasteiger partial charge is 0.370 e. The Morgan fingerprint density at radius 2 is 2.20 bits per heavy atom. The molecule has 3 nitrogen and oxygen atoms in total. The molecule has 1 aromatic carbocycles. The van der Waals surface area contributed by atoms with Gasteiger partial charge in [-0.05, 0) is 57.1 Å². The van der Waals surface area contributed by atoms with E-state index in [9.17, 15) is 0 Å². The predicted molar refractivity (Wildman–Crippen MR) is 90.4 cm³/mol. The van der Waals surface area contributed by atoms with Crippen molar-refractivity contribution in [3.8, 4) is 0 Å². The van der Waals surface area contributed by atoms with Crippen LogP contribution in [0.15, 0.2) is 22.7 Å². The lowest BCUT2D eigenvalue weighted by Gasteiger charge is -2.25. The van der Waals surface area contributed by atoms with Gasteiger partial charge in [0.15, 0.2) is 0 Å². The highest BCUT2D eigenvalue weighted by molar-refractivity contribution is 9.10. The second-order valence-electron chi connectivity index (χ2n) is 6.00. The highest BCUT2D eigenvalue weighted by Crippen LogP contribution is 2.29. The Hall–Kier alpha value is -0.580. The summed E-state index contributed by atoms with van der Waals surface area (Å²) >= 11 is 3.58. The summed E-state index contributed by atoms with van der Waals surface area (Å²) in [5.74, 6) is 0. The van der Waals surface area contributed by atoms with E-state index in [1.165, 1.54) is 17.7 Å². The molecule has 2 N–H and O–H groups in total. The highest BCUT2D eigenvalue weighted by atomic mass is 79.9. The molecule has 0 aliphatic carbocycles. The Balaban J connectivity index is 2.19. The van der Waals surface area contributed by atoms with Crippen molar-refractivity contribution in [1.82, 2.24) is 4.90 Å². The third kappa shape index (κ3) is 3.74. The van der Waals surface area contributed by atoms with Crippen LogP contribution in [0.3, 0.4) is 0 Å². The van der Waals surface area contributed by atoms with Gasteiger partial charge in [0, 0.05) is 35.3 Å². The lowest BCUT2D eigenvalue weighted by atomic mass is 10.0. The molecule has 112 valence electrons. The van der Waals surface area contributed by atoms with Crippen molar-refractivity contribution >= 4 is 21.6 Å². The molecule has 1 aliphatic rings. The molecular formula is C16H26BrN3. The highest BCUT2D eigenvalue weighted by Gasteiger charge is 2.25. The van der Waals surface area contributed by atoms with E-state index >= 15 is 0 Å². The topological polar surface area (TPSA) is 32.5 Å². The Labute approximate surface area is 131 Å². The van der Waals surface area contributed by atoms with E-state index in [-0.39, 0.29) is 6.04 Å². The van der Waals surface area contributed by atoms with E-state index in [4.69, 9.17) is 5.73 Å². The van der Waals surface area contributed by atoms with Crippen LogP contribution in [0, 0.1) is 0 Å². The van der Waals surface area contributed by atoms with Crippen molar-refractivity contribution in [2.24, 2.45) is 5.73 Å². The molecule has 0 aromatic heterocycles. The number of anilines is 1. The molecule has 20 heavy (non-hydrogen) atoms. The zero-order valence-electron chi connectivity index (χ0n) is 12.8. The number of hydrogen-bond acceptors (Lipinski definition) is 3. The second kappa shape index (κ2) is 6.92. The maximum absolute atomic E-state index is 6.16. The molecule has 0 bridgehead atoms. The van der Waals surface area contributed by atoms with Crippen LogP contribution in [0.1, 0.15) is 25.3 Å². The van der Waals surface area contributed by atoms with Gasteiger partial charge >= 0.3 is 0 Å². The zero-order valence-corrected chi connectivity index (χ0v) is 14.4. The third-order valence-corrected chi connectivity index (χ3v) is 4.78. The van der Waals surface area contributed by atoms with Gasteiger partial charge in [-0.1, -0.05) is 22.9 Å². The average Bonchev–Trinajstić information content (AvgIpc) is 2.88. The summed E-state index contributed by atoms with van der Waals surface area (Å²) in [4.78, 5) is 4.84. The summed E-state index contributed by atoms with van der Waals surface area (Å²) in [5, 5.41) is 0. The summed E-state index contributed by atoms with van der Waals surface area (Å²) in [7, 11) is 4.34. The number of benzene rings is 1. The van der Waals surface area contributed by atoms with Crippen molar-refractivity contribution in [2.45, 2.75) is 38.3 Å². The molecular weight excluding hydrogens is 314 g/mol. The van der Waals surface area contributed by atoms with Gasteiger partial charge in [0.2, 0.25) is 0 Å². The molecule has 0 saturated carbocycles. The number of rotatable bonds is 5. The van der Waals surface area contributed by atoms with Gasteiger partial charge in [-0.15, -0.1) is 0 Å². The number of nitrogens with zero attached hydrogens (tertiary/aromatic N) is 2. The molecule has 1 aromatic rings. The normalized spacial score (nSPS) is 20.7. The molecule has 2 unspecified atom stereocenters. The van der Waals surface area contributed by atoms with Gasteiger partial charge in [-0.3, -0.25) is 0 Å². The van der Waals surface area contributed by atoms with Gasteiger partial charge in [0.1, 0.15) is 0 Å². The van der Waals surface area contributed by atoms with Crippen molar-refractivity contribution in [3.63, 3.8) is 0 Å². The van der Waals surface area contributed by atoms with Crippen LogP contribution < -0.4 is 10.6 Å². The smallest absolute Gasteiger partial charge is 0.0400 e. The Kier molecular flexibility index (Phi) is 5.47. The maximum atomic E-state index is 6.16. The van der Waals surface area contributed by atoms with Crippen LogP contribution >= 0.6 is 15.9 Å². The van der Waals surface area contributed by atoms with Crippen LogP contribution in [0.25, 0.3) is 0 Å². The van der Waals surface area contributed by atoms with Crippen LogP contribution in [-0.2, 0) is 6.42 Å². The van der Waals surface area contributed by atoms with Gasteiger partial charge in [-0.2, -0.15) is 0 Å². The average molecular weight is 340 g/mol. The fraction of sp³-hybridized carbons (Fsp3) is 0.625. The summed E-state index contributed by atoms with van der Waals surface area (Å²) in [5.41, 5.74) is 8.89. The molecule has 1 heterocycles. The Morgan fingerprint density at radius 1 is 1.45 bits per heavy atom. The van der Waals surface area contributed by atoms with Crippen LogP contribution in [0.5, 0.6) is 0 Å². The standard InChI is InChI=1S/C16H26BrN3/c1-4-14(18)10-12-9-13(17)5-6-16(12)20-8-7-15(11-20)19(2)3/h5-6,9,14-15H,4,7-8,10-11,18H2,1-3H3. The van der Waals surface area contributed by atoms with Crippen molar-refractivity contribution in [3.05, 3.63) is 28.2 Å². The number of nitrogens with two attached hydrogens (primary N) is 1. The molecule has 2 atom stereocenters. The molecule has 4 heteroatoms. The second-order valence-corrected chi connectivity index (χ2v) is 6.91. The fourth-order valence-corrected chi connectivity index (χ4v) is 3.24. The maximum Gasteiger partial charge on any atom is 0.0400 e. The minimum absolute atomic E-state index is 0.246. The molecule has 0 radical (unpaired) electrons. The number of halogens is 1. The summed E-state index contributed by atoms with van der Waals surface area (Å²) in [6, 6.07) is 7.51. The monoisotopic (exact) mass is 339 g/mol. The Bertz CT molecular complexity index is 447. The number of likely N-dealkylation sites (N-methyl/N-ethyl adjacent to an activating group) is 1. The van der Waals surface area contributed by atoms with Crippen LogP contribution in [0.4, 0.5) is 5.69 Å². The van der Waals surface area contributed by atoms with Crippen molar-refractivity contribution in [1.29, 1.82) is 0 Å². The molecule has 0 amide bonds. The molecule has 2 rings (SSSR count). The van der Waals surface area contributed by atoms with Gasteiger partial charge in [-0.25, -0.2) is 0 Å². The fourth-order valence-electron chi connectivity index (χ4n) is 2.84. The lowest BCUT2D eigenvalue weighted by Crippen LogP contribution is -2.32. The summed E-state index contributed by atoms with van der Waals surface area (Å²) in [6.07, 6.45) is 3.21. The SMILES string of the molecule is CCC(N)Cc1cc(Br)ccc1N1CCC(N(C)C)C1. The van der Waals surface area contributed by atoms with Gasteiger partial charge in [0.25, 0.3) is 0 Å². The first-order valence-electron chi connectivity index (χ1n) is 7.46. The third-order valence-electron chi connectivity index (χ3n) is 4.28. The van der Waals surface area contributed by atoms with Crippen molar-refractivity contribution in [2.75, 3.05) is 32.1 Å². The van der Waals surface area contributed by atoms with E-state index in [1.54, 1.807) is 0 Å². The summed E-state index contributed by atoms with van der Waals surface area (Å²) < 4.78 is 1.14. The predicted octanol–water partition coefficient (Wildman–Crippen LogP) is 2.87. The van der Waals surface area contributed by atoms with E-state index in [0.29, 0.717) is 6.04 Å². The number of hydrogen-bond donors (Lipinski definition) is 1.